The van der Waals surface area contributed by atoms with E-state index in [-0.39, 0.29) is 24.3 Å². The van der Waals surface area contributed by atoms with Crippen LogP contribution in [0.5, 0.6) is 5.75 Å². The molecule has 0 unspecified atom stereocenters. The lowest BCUT2D eigenvalue weighted by Gasteiger charge is -2.09. The van der Waals surface area contributed by atoms with Crippen LogP contribution in [0.4, 0.5) is 8.78 Å². The van der Waals surface area contributed by atoms with Crippen LogP contribution in [0.3, 0.4) is 0 Å². The zero-order valence-electron chi connectivity index (χ0n) is 13.9. The first-order chi connectivity index (χ1) is 12.4. The summed E-state index contributed by atoms with van der Waals surface area (Å²) in [6.07, 6.45) is 0.753. The summed E-state index contributed by atoms with van der Waals surface area (Å²) in [4.78, 5) is 22.7. The number of aliphatic hydroxyl groups is 1. The Hall–Kier alpha value is -3.22. The van der Waals surface area contributed by atoms with Crippen molar-refractivity contribution in [3.8, 4) is 5.75 Å². The number of benzene rings is 2. The minimum absolute atomic E-state index is 0.0494. The van der Waals surface area contributed by atoms with Crippen LogP contribution in [0, 0.1) is 11.6 Å². The fourth-order valence-corrected chi connectivity index (χ4v) is 2.02. The SMILES string of the molecule is CCOC(=O)C(=O)/C=C(\O)c1ccc(OCc2c(F)cccc2F)cc1. The normalized spacial score (nSPS) is 11.1. The maximum absolute atomic E-state index is 13.5. The van der Waals surface area contributed by atoms with Crippen LogP contribution in [0.15, 0.2) is 48.5 Å². The molecule has 0 spiro atoms. The largest absolute Gasteiger partial charge is 0.507 e. The Morgan fingerprint density at radius 3 is 2.27 bits per heavy atom. The molecule has 5 nitrogen and oxygen atoms in total. The first kappa shape index (κ1) is 19.1. The van der Waals surface area contributed by atoms with Gasteiger partial charge in [-0.15, -0.1) is 0 Å². The molecule has 0 fully saturated rings. The fraction of sp³-hybridized carbons (Fsp3) is 0.158. The summed E-state index contributed by atoms with van der Waals surface area (Å²) in [7, 11) is 0. The lowest BCUT2D eigenvalue weighted by molar-refractivity contribution is -0.151. The van der Waals surface area contributed by atoms with Crippen molar-refractivity contribution in [2.45, 2.75) is 13.5 Å². The van der Waals surface area contributed by atoms with Crippen LogP contribution < -0.4 is 4.74 Å². The molecule has 0 aliphatic heterocycles. The van der Waals surface area contributed by atoms with Crippen LogP contribution >= 0.6 is 0 Å². The fourth-order valence-electron chi connectivity index (χ4n) is 2.02. The van der Waals surface area contributed by atoms with Gasteiger partial charge in [0.2, 0.25) is 0 Å². The average Bonchev–Trinajstić information content (AvgIpc) is 2.62. The first-order valence-electron chi connectivity index (χ1n) is 7.70. The molecule has 0 bridgehead atoms. The van der Waals surface area contributed by atoms with E-state index in [2.05, 4.69) is 4.74 Å². The highest BCUT2D eigenvalue weighted by molar-refractivity contribution is 6.39. The number of carbonyl (C=O) groups excluding carboxylic acids is 2. The number of halogens is 2. The second kappa shape index (κ2) is 8.75. The number of aliphatic hydroxyl groups excluding tert-OH is 1. The third kappa shape index (κ3) is 4.89. The van der Waals surface area contributed by atoms with Gasteiger partial charge in [0.05, 0.1) is 12.2 Å². The predicted molar refractivity (Wildman–Crippen MR) is 89.4 cm³/mol. The zero-order valence-corrected chi connectivity index (χ0v) is 13.9. The summed E-state index contributed by atoms with van der Waals surface area (Å²) >= 11 is 0. The standard InChI is InChI=1S/C19H16F2O5/c1-2-25-19(24)18(23)10-17(22)12-6-8-13(9-7-12)26-11-14-15(20)4-3-5-16(14)21/h3-10,22H,2,11H2,1H3/b17-10-. The number of esters is 1. The van der Waals surface area contributed by atoms with Crippen molar-refractivity contribution < 1.29 is 33.0 Å². The Morgan fingerprint density at radius 1 is 1.08 bits per heavy atom. The van der Waals surface area contributed by atoms with Gasteiger partial charge in [0.25, 0.3) is 5.78 Å². The third-order valence-electron chi connectivity index (χ3n) is 3.34. The van der Waals surface area contributed by atoms with Crippen molar-refractivity contribution in [3.05, 3.63) is 71.3 Å². The molecule has 2 rings (SSSR count). The summed E-state index contributed by atoms with van der Waals surface area (Å²) in [6, 6.07) is 9.28. The van der Waals surface area contributed by atoms with Gasteiger partial charge in [0.1, 0.15) is 29.8 Å². The number of rotatable bonds is 7. The van der Waals surface area contributed by atoms with Crippen LogP contribution in [-0.2, 0) is 20.9 Å². The van der Waals surface area contributed by atoms with E-state index < -0.39 is 29.1 Å². The number of carbonyl (C=O) groups is 2. The van der Waals surface area contributed by atoms with Gasteiger partial charge in [0.15, 0.2) is 0 Å². The van der Waals surface area contributed by atoms with E-state index in [0.29, 0.717) is 5.75 Å². The zero-order chi connectivity index (χ0) is 19.1. The molecule has 0 radical (unpaired) electrons. The Labute approximate surface area is 148 Å². The summed E-state index contributed by atoms with van der Waals surface area (Å²) < 4.78 is 36.9. The third-order valence-corrected chi connectivity index (χ3v) is 3.34. The van der Waals surface area contributed by atoms with Crippen LogP contribution in [-0.4, -0.2) is 23.5 Å². The van der Waals surface area contributed by atoms with Gasteiger partial charge < -0.3 is 14.6 Å². The van der Waals surface area contributed by atoms with Gasteiger partial charge in [-0.25, -0.2) is 13.6 Å². The van der Waals surface area contributed by atoms with Crippen molar-refractivity contribution in [1.29, 1.82) is 0 Å². The number of hydrogen-bond acceptors (Lipinski definition) is 5. The van der Waals surface area contributed by atoms with Crippen molar-refractivity contribution >= 4 is 17.5 Å². The van der Waals surface area contributed by atoms with Gasteiger partial charge >= 0.3 is 5.97 Å². The molecule has 0 aliphatic rings. The predicted octanol–water partition coefficient (Wildman–Crippen LogP) is 3.57. The Morgan fingerprint density at radius 2 is 1.69 bits per heavy atom. The summed E-state index contributed by atoms with van der Waals surface area (Å²) in [5.41, 5.74) is 0.0615. The molecule has 7 heteroatoms. The highest BCUT2D eigenvalue weighted by atomic mass is 19.1. The number of hydrogen-bond donors (Lipinski definition) is 1. The molecule has 0 aliphatic carbocycles. The molecule has 1 N–H and O–H groups in total. The highest BCUT2D eigenvalue weighted by Gasteiger charge is 2.14. The lowest BCUT2D eigenvalue weighted by Crippen LogP contribution is -2.15. The summed E-state index contributed by atoms with van der Waals surface area (Å²) in [5, 5.41) is 9.87. The van der Waals surface area contributed by atoms with Gasteiger partial charge in [-0.05, 0) is 43.3 Å². The Bertz CT molecular complexity index is 808. The van der Waals surface area contributed by atoms with E-state index in [9.17, 15) is 23.5 Å². The van der Waals surface area contributed by atoms with E-state index in [1.807, 2.05) is 0 Å². The average molecular weight is 362 g/mol. The van der Waals surface area contributed by atoms with Crippen molar-refractivity contribution in [3.63, 3.8) is 0 Å². The smallest absolute Gasteiger partial charge is 0.379 e. The molecule has 26 heavy (non-hydrogen) atoms. The molecule has 136 valence electrons. The molecule has 2 aromatic rings. The quantitative estimate of drug-likeness (QED) is 0.353. The highest BCUT2D eigenvalue weighted by Crippen LogP contribution is 2.20. The van der Waals surface area contributed by atoms with E-state index >= 15 is 0 Å². The number of ketones is 1. The van der Waals surface area contributed by atoms with E-state index in [4.69, 9.17) is 4.74 Å². The minimum atomic E-state index is -1.06. The summed E-state index contributed by atoms with van der Waals surface area (Å²) in [5.74, 6) is -3.58. The van der Waals surface area contributed by atoms with Crippen molar-refractivity contribution in [1.82, 2.24) is 0 Å². The van der Waals surface area contributed by atoms with Gasteiger partial charge in [-0.1, -0.05) is 6.07 Å². The van der Waals surface area contributed by atoms with Crippen LogP contribution in [0.25, 0.3) is 5.76 Å². The molecule has 0 heterocycles. The van der Waals surface area contributed by atoms with Crippen molar-refractivity contribution in [2.75, 3.05) is 6.61 Å². The molecule has 0 atom stereocenters. The maximum Gasteiger partial charge on any atom is 0.379 e. The molecule has 0 saturated heterocycles. The number of ether oxygens (including phenoxy) is 2. The van der Waals surface area contributed by atoms with E-state index in [1.54, 1.807) is 6.92 Å². The van der Waals surface area contributed by atoms with Gasteiger partial charge in [0, 0.05) is 11.6 Å². The first-order valence-corrected chi connectivity index (χ1v) is 7.70. The molecule has 0 amide bonds. The van der Waals surface area contributed by atoms with Crippen LogP contribution in [0.1, 0.15) is 18.1 Å². The second-order valence-electron chi connectivity index (χ2n) is 5.13. The van der Waals surface area contributed by atoms with Crippen LogP contribution in [0.2, 0.25) is 0 Å². The lowest BCUT2D eigenvalue weighted by atomic mass is 10.1. The Balaban J connectivity index is 2.04. The maximum atomic E-state index is 13.5. The molecule has 0 aromatic heterocycles. The minimum Gasteiger partial charge on any atom is -0.507 e. The Kier molecular flexibility index (Phi) is 6.43. The summed E-state index contributed by atoms with van der Waals surface area (Å²) in [6.45, 7) is 1.30. The molecular formula is C19H16F2O5. The topological polar surface area (TPSA) is 72.8 Å². The van der Waals surface area contributed by atoms with Gasteiger partial charge in [-0.2, -0.15) is 0 Å². The monoisotopic (exact) mass is 362 g/mol. The van der Waals surface area contributed by atoms with Crippen molar-refractivity contribution in [2.24, 2.45) is 0 Å². The van der Waals surface area contributed by atoms with E-state index in [1.165, 1.54) is 30.3 Å². The molecule has 2 aromatic carbocycles. The van der Waals surface area contributed by atoms with Gasteiger partial charge in [-0.3, -0.25) is 4.79 Å². The van der Waals surface area contributed by atoms with E-state index in [0.717, 1.165) is 18.2 Å². The molecule has 0 saturated carbocycles. The molecular weight excluding hydrogens is 346 g/mol. The second-order valence-corrected chi connectivity index (χ2v) is 5.13.